The van der Waals surface area contributed by atoms with Gasteiger partial charge in [-0.1, -0.05) is 46.8 Å². The molecule has 114 valence electrons. The van der Waals surface area contributed by atoms with E-state index in [1.807, 2.05) is 20.8 Å². The summed E-state index contributed by atoms with van der Waals surface area (Å²) < 4.78 is 0. The Morgan fingerprint density at radius 2 is 1.95 bits per heavy atom. The van der Waals surface area contributed by atoms with Crippen molar-refractivity contribution in [1.29, 1.82) is 0 Å². The summed E-state index contributed by atoms with van der Waals surface area (Å²) in [7, 11) is 0. The lowest BCUT2D eigenvalue weighted by molar-refractivity contribution is -0.126. The van der Waals surface area contributed by atoms with Crippen LogP contribution in [0.1, 0.15) is 73.1 Å². The maximum Gasteiger partial charge on any atom is 0.138 e. The first-order valence-corrected chi connectivity index (χ1v) is 7.84. The predicted molar refractivity (Wildman–Crippen MR) is 83.6 cm³/mol. The van der Waals surface area contributed by atoms with Crippen LogP contribution >= 0.6 is 0 Å². The van der Waals surface area contributed by atoms with Crippen LogP contribution < -0.4 is 0 Å². The molecule has 1 aliphatic rings. The highest BCUT2D eigenvalue weighted by molar-refractivity contribution is 5.83. The topological polar surface area (TPSA) is 34.1 Å². The van der Waals surface area contributed by atoms with E-state index in [-0.39, 0.29) is 10.8 Å². The summed E-state index contributed by atoms with van der Waals surface area (Å²) in [4.78, 5) is 23.9. The molecule has 0 heterocycles. The van der Waals surface area contributed by atoms with Crippen molar-refractivity contribution in [3.63, 3.8) is 0 Å². The van der Waals surface area contributed by atoms with Gasteiger partial charge in [-0.3, -0.25) is 9.59 Å². The summed E-state index contributed by atoms with van der Waals surface area (Å²) in [6, 6.07) is 0. The Balaban J connectivity index is 2.65. The Hall–Kier alpha value is -0.920. The van der Waals surface area contributed by atoms with Crippen LogP contribution in [0.2, 0.25) is 0 Å². The molecule has 1 aliphatic carbocycles. The molecule has 0 aromatic carbocycles. The maximum atomic E-state index is 12.0. The number of carbonyl (C=O) groups excluding carboxylic acids is 2. The lowest BCUT2D eigenvalue weighted by atomic mass is 9.84. The molecular formula is C18H30O2. The van der Waals surface area contributed by atoms with Gasteiger partial charge in [-0.15, -0.1) is 0 Å². The van der Waals surface area contributed by atoms with Crippen LogP contribution in [0, 0.1) is 16.7 Å². The molecule has 1 rings (SSSR count). The van der Waals surface area contributed by atoms with Crippen molar-refractivity contribution in [2.24, 2.45) is 16.7 Å². The fourth-order valence-corrected chi connectivity index (χ4v) is 2.44. The number of carbonyl (C=O) groups is 2. The molecule has 2 nitrogen and oxygen atoms in total. The van der Waals surface area contributed by atoms with E-state index in [1.54, 1.807) is 0 Å². The summed E-state index contributed by atoms with van der Waals surface area (Å²) in [5.74, 6) is 1.05. The lowest BCUT2D eigenvalue weighted by Gasteiger charge is -2.20. The van der Waals surface area contributed by atoms with Crippen LogP contribution in [-0.4, -0.2) is 11.6 Å². The molecular weight excluding hydrogens is 248 g/mol. The monoisotopic (exact) mass is 278 g/mol. The highest BCUT2D eigenvalue weighted by Crippen LogP contribution is 2.30. The van der Waals surface area contributed by atoms with Gasteiger partial charge >= 0.3 is 0 Å². The van der Waals surface area contributed by atoms with Crippen LogP contribution in [0.3, 0.4) is 0 Å². The quantitative estimate of drug-likeness (QED) is 0.700. The summed E-state index contributed by atoms with van der Waals surface area (Å²) in [5.41, 5.74) is -0.163. The summed E-state index contributed by atoms with van der Waals surface area (Å²) in [6.07, 6.45) is 9.15. The Morgan fingerprint density at radius 3 is 2.55 bits per heavy atom. The highest BCUT2D eigenvalue weighted by Gasteiger charge is 2.23. The molecule has 20 heavy (non-hydrogen) atoms. The zero-order valence-corrected chi connectivity index (χ0v) is 13.8. The number of Topliss-reactive ketones (excluding diaryl/α,β-unsaturated/α-hetero) is 2. The van der Waals surface area contributed by atoms with Gasteiger partial charge in [0.05, 0.1) is 0 Å². The smallest absolute Gasteiger partial charge is 0.138 e. The predicted octanol–water partition coefficient (Wildman–Crippen LogP) is 4.72. The zero-order valence-electron chi connectivity index (χ0n) is 13.8. The summed E-state index contributed by atoms with van der Waals surface area (Å²) >= 11 is 0. The van der Waals surface area contributed by atoms with Crippen molar-refractivity contribution >= 4 is 11.6 Å². The van der Waals surface area contributed by atoms with Crippen LogP contribution in [-0.2, 0) is 9.59 Å². The Kier molecular flexibility index (Phi) is 5.73. The van der Waals surface area contributed by atoms with Gasteiger partial charge in [-0.25, -0.2) is 0 Å². The van der Waals surface area contributed by atoms with Gasteiger partial charge in [0.25, 0.3) is 0 Å². The number of rotatable bonds is 3. The second-order valence-corrected chi connectivity index (χ2v) is 7.90. The second-order valence-electron chi connectivity index (χ2n) is 7.90. The Bertz CT molecular complexity index is 383. The minimum Gasteiger partial charge on any atom is -0.300 e. The largest absolute Gasteiger partial charge is 0.300 e. The van der Waals surface area contributed by atoms with Crippen molar-refractivity contribution in [1.82, 2.24) is 0 Å². The molecule has 0 amide bonds. The van der Waals surface area contributed by atoms with Crippen molar-refractivity contribution < 1.29 is 9.59 Å². The molecule has 0 aliphatic heterocycles. The van der Waals surface area contributed by atoms with E-state index >= 15 is 0 Å². The van der Waals surface area contributed by atoms with Crippen LogP contribution in [0.15, 0.2) is 12.2 Å². The molecule has 0 aromatic heterocycles. The molecule has 0 bridgehead atoms. The van der Waals surface area contributed by atoms with Crippen LogP contribution in [0.4, 0.5) is 0 Å². The minimum atomic E-state index is -0.253. The summed E-state index contributed by atoms with van der Waals surface area (Å²) in [6.45, 7) is 10.3. The van der Waals surface area contributed by atoms with E-state index in [9.17, 15) is 9.59 Å². The third-order valence-corrected chi connectivity index (χ3v) is 4.24. The van der Waals surface area contributed by atoms with Crippen molar-refractivity contribution in [3.8, 4) is 0 Å². The average molecular weight is 278 g/mol. The van der Waals surface area contributed by atoms with Gasteiger partial charge < -0.3 is 0 Å². The van der Waals surface area contributed by atoms with E-state index in [0.717, 1.165) is 19.3 Å². The molecule has 0 saturated heterocycles. The summed E-state index contributed by atoms with van der Waals surface area (Å²) in [5, 5.41) is 0. The first kappa shape index (κ1) is 17.1. The van der Waals surface area contributed by atoms with E-state index in [4.69, 9.17) is 0 Å². The molecule has 0 N–H and O–H groups in total. The molecule has 0 aromatic rings. The third-order valence-electron chi connectivity index (χ3n) is 4.24. The number of allylic oxidation sites excluding steroid dienone is 2. The van der Waals surface area contributed by atoms with E-state index in [0.29, 0.717) is 36.7 Å². The van der Waals surface area contributed by atoms with Crippen molar-refractivity contribution in [2.75, 3.05) is 0 Å². The van der Waals surface area contributed by atoms with Gasteiger partial charge in [-0.2, -0.15) is 0 Å². The normalized spacial score (nSPS) is 25.4. The van der Waals surface area contributed by atoms with Gasteiger partial charge in [0, 0.05) is 24.7 Å². The minimum absolute atomic E-state index is 0.0896. The fraction of sp³-hybridized carbons (Fsp3) is 0.778. The molecule has 1 unspecified atom stereocenters. The molecule has 1 atom stereocenters. The molecule has 2 heteroatoms. The average Bonchev–Trinajstić information content (AvgIpc) is 2.38. The molecule has 0 spiro atoms. The van der Waals surface area contributed by atoms with Gasteiger partial charge in [0.1, 0.15) is 11.6 Å². The molecule has 0 fully saturated rings. The van der Waals surface area contributed by atoms with Crippen molar-refractivity contribution in [3.05, 3.63) is 12.2 Å². The van der Waals surface area contributed by atoms with Crippen LogP contribution in [0.25, 0.3) is 0 Å². The van der Waals surface area contributed by atoms with Crippen LogP contribution in [0.5, 0.6) is 0 Å². The second kappa shape index (κ2) is 6.69. The fourth-order valence-electron chi connectivity index (χ4n) is 2.44. The number of hydrogen-bond acceptors (Lipinski definition) is 2. The SMILES string of the molecule is CC1(C)/C=C/C(CCC(=O)C(C)(C)C)CCC(=O)CC1. The van der Waals surface area contributed by atoms with Gasteiger partial charge in [0.2, 0.25) is 0 Å². The van der Waals surface area contributed by atoms with E-state index in [1.165, 1.54) is 0 Å². The zero-order chi connectivity index (χ0) is 15.4. The number of ketones is 2. The Morgan fingerprint density at radius 1 is 1.30 bits per heavy atom. The van der Waals surface area contributed by atoms with Gasteiger partial charge in [0.15, 0.2) is 0 Å². The third kappa shape index (κ3) is 6.02. The molecule has 0 radical (unpaired) electrons. The maximum absolute atomic E-state index is 12.0. The van der Waals surface area contributed by atoms with E-state index in [2.05, 4.69) is 26.0 Å². The van der Waals surface area contributed by atoms with Crippen molar-refractivity contribution in [2.45, 2.75) is 73.1 Å². The first-order chi connectivity index (χ1) is 9.10. The number of hydrogen-bond donors (Lipinski definition) is 0. The first-order valence-electron chi connectivity index (χ1n) is 7.84. The molecule has 0 saturated carbocycles. The standard InChI is InChI=1S/C18H30O2/c1-17(2,3)16(20)9-7-14-6-8-15(19)11-13-18(4,5)12-10-14/h10,12,14H,6-9,11,13H2,1-5H3/b12-10+. The highest BCUT2D eigenvalue weighted by atomic mass is 16.1. The Labute approximate surface area is 124 Å². The van der Waals surface area contributed by atoms with Gasteiger partial charge in [-0.05, 0) is 30.6 Å². The lowest BCUT2D eigenvalue weighted by Crippen LogP contribution is -2.20. The van der Waals surface area contributed by atoms with E-state index < -0.39 is 0 Å².